The Bertz CT molecular complexity index is 1230. The summed E-state index contributed by atoms with van der Waals surface area (Å²) in [5, 5.41) is 10.4. The number of carbonyl (C=O) groups excluding carboxylic acids is 1. The monoisotopic (exact) mass is 432 g/mol. The van der Waals surface area contributed by atoms with Crippen molar-refractivity contribution in [2.24, 2.45) is 4.99 Å². The van der Waals surface area contributed by atoms with Gasteiger partial charge in [0.15, 0.2) is 0 Å². The summed E-state index contributed by atoms with van der Waals surface area (Å²) in [6.07, 6.45) is 3.19. The summed E-state index contributed by atoms with van der Waals surface area (Å²) in [4.78, 5) is 22.4. The number of fused-ring (bicyclic) bond motifs is 1. The zero-order chi connectivity index (χ0) is 23.0. The molecule has 0 fully saturated rings. The summed E-state index contributed by atoms with van der Waals surface area (Å²) >= 11 is 0. The number of hydrogen-bond donors (Lipinski definition) is 2. The van der Waals surface area contributed by atoms with E-state index in [9.17, 15) is 9.90 Å². The fourth-order valence-corrected chi connectivity index (χ4v) is 4.05. The smallest absolute Gasteiger partial charge is 0.273 e. The molecule has 0 radical (unpaired) electrons. The minimum atomic E-state index is -1.12. The van der Waals surface area contributed by atoms with Crippen molar-refractivity contribution >= 4 is 17.8 Å². The molecule has 0 spiro atoms. The SMILES string of the molecule is CN=Cc1c(-c2ccc(CN3Cc4cccnc4C3=O)c(F)c2)ccc(C(C)(C)O)c1N. The zero-order valence-corrected chi connectivity index (χ0v) is 18.3. The number of hydrogen-bond acceptors (Lipinski definition) is 5. The van der Waals surface area contributed by atoms with E-state index in [2.05, 4.69) is 9.98 Å². The van der Waals surface area contributed by atoms with E-state index in [1.54, 1.807) is 68.5 Å². The molecule has 7 heteroatoms. The first kappa shape index (κ1) is 21.6. The normalized spacial score (nSPS) is 13.8. The van der Waals surface area contributed by atoms with Crippen LogP contribution in [0.2, 0.25) is 0 Å². The van der Waals surface area contributed by atoms with Crippen molar-refractivity contribution in [3.8, 4) is 11.1 Å². The highest BCUT2D eigenvalue weighted by Gasteiger charge is 2.29. The predicted octanol–water partition coefficient (Wildman–Crippen LogP) is 3.90. The highest BCUT2D eigenvalue weighted by molar-refractivity contribution is 5.98. The van der Waals surface area contributed by atoms with Gasteiger partial charge in [-0.2, -0.15) is 0 Å². The fraction of sp³-hybridized carbons (Fsp3) is 0.240. The Hall–Kier alpha value is -3.58. The summed E-state index contributed by atoms with van der Waals surface area (Å²) in [7, 11) is 1.63. The number of pyridine rings is 1. The summed E-state index contributed by atoms with van der Waals surface area (Å²) < 4.78 is 15.1. The number of aliphatic imine (C=N–C) groups is 1. The van der Waals surface area contributed by atoms with E-state index < -0.39 is 11.4 Å². The van der Waals surface area contributed by atoms with Crippen molar-refractivity contribution in [2.45, 2.75) is 32.5 Å². The molecule has 2 aromatic carbocycles. The Morgan fingerprint density at radius 3 is 2.72 bits per heavy atom. The molecule has 2 heterocycles. The minimum Gasteiger partial charge on any atom is -0.398 e. The molecule has 0 bridgehead atoms. The number of halogens is 1. The maximum atomic E-state index is 15.1. The third kappa shape index (κ3) is 3.87. The topological polar surface area (TPSA) is 91.8 Å². The molecule has 1 amide bonds. The lowest BCUT2D eigenvalue weighted by Gasteiger charge is -2.23. The van der Waals surface area contributed by atoms with Gasteiger partial charge < -0.3 is 15.7 Å². The van der Waals surface area contributed by atoms with Crippen molar-refractivity contribution < 1.29 is 14.3 Å². The molecule has 0 saturated carbocycles. The predicted molar refractivity (Wildman–Crippen MR) is 123 cm³/mol. The van der Waals surface area contributed by atoms with Crippen LogP contribution in [-0.2, 0) is 18.7 Å². The molecule has 164 valence electrons. The second-order valence-electron chi connectivity index (χ2n) is 8.41. The Morgan fingerprint density at radius 2 is 2.06 bits per heavy atom. The van der Waals surface area contributed by atoms with E-state index in [0.717, 1.165) is 5.56 Å². The molecule has 1 aliphatic rings. The van der Waals surface area contributed by atoms with Crippen LogP contribution in [0.15, 0.2) is 53.7 Å². The van der Waals surface area contributed by atoms with Crippen LogP contribution in [0.3, 0.4) is 0 Å². The highest BCUT2D eigenvalue weighted by Crippen LogP contribution is 2.35. The highest BCUT2D eigenvalue weighted by atomic mass is 19.1. The molecular weight excluding hydrogens is 407 g/mol. The molecule has 6 nitrogen and oxygen atoms in total. The van der Waals surface area contributed by atoms with E-state index in [1.807, 2.05) is 6.07 Å². The van der Waals surface area contributed by atoms with Crippen molar-refractivity contribution in [3.05, 3.63) is 82.4 Å². The van der Waals surface area contributed by atoms with Gasteiger partial charge in [0.2, 0.25) is 0 Å². The number of aromatic nitrogens is 1. The van der Waals surface area contributed by atoms with Crippen LogP contribution < -0.4 is 5.73 Å². The van der Waals surface area contributed by atoms with Crippen molar-refractivity contribution in [1.82, 2.24) is 9.88 Å². The van der Waals surface area contributed by atoms with Crippen LogP contribution in [0.4, 0.5) is 10.1 Å². The number of anilines is 1. The number of nitrogens with zero attached hydrogens (tertiary/aromatic N) is 3. The van der Waals surface area contributed by atoms with Gasteiger partial charge in [-0.15, -0.1) is 0 Å². The lowest BCUT2D eigenvalue weighted by Crippen LogP contribution is -2.24. The third-order valence-electron chi connectivity index (χ3n) is 5.67. The molecule has 3 aromatic rings. The van der Waals surface area contributed by atoms with Gasteiger partial charge in [-0.1, -0.05) is 30.3 Å². The number of rotatable bonds is 5. The van der Waals surface area contributed by atoms with E-state index in [1.165, 1.54) is 6.07 Å². The molecule has 32 heavy (non-hydrogen) atoms. The van der Waals surface area contributed by atoms with Crippen molar-refractivity contribution in [3.63, 3.8) is 0 Å². The first-order valence-corrected chi connectivity index (χ1v) is 10.3. The molecule has 4 rings (SSSR count). The van der Waals surface area contributed by atoms with Gasteiger partial charge >= 0.3 is 0 Å². The third-order valence-corrected chi connectivity index (χ3v) is 5.67. The molecule has 0 atom stereocenters. The molecule has 1 aromatic heterocycles. The van der Waals surface area contributed by atoms with Gasteiger partial charge in [-0.3, -0.25) is 14.8 Å². The number of aliphatic hydroxyl groups is 1. The van der Waals surface area contributed by atoms with Gasteiger partial charge in [0.05, 0.1) is 5.60 Å². The van der Waals surface area contributed by atoms with Crippen LogP contribution in [0, 0.1) is 5.82 Å². The van der Waals surface area contributed by atoms with Crippen LogP contribution >= 0.6 is 0 Å². The Labute approximate surface area is 186 Å². The molecule has 1 aliphatic heterocycles. The van der Waals surface area contributed by atoms with E-state index in [4.69, 9.17) is 5.73 Å². The molecular formula is C25H25FN4O2. The number of amides is 1. The molecule has 3 N–H and O–H groups in total. The Kier molecular flexibility index (Phi) is 5.52. The molecule has 0 saturated heterocycles. The maximum absolute atomic E-state index is 15.1. The summed E-state index contributed by atoms with van der Waals surface area (Å²) in [6.45, 7) is 3.89. The first-order chi connectivity index (χ1) is 15.2. The van der Waals surface area contributed by atoms with E-state index >= 15 is 4.39 Å². The Morgan fingerprint density at radius 1 is 1.28 bits per heavy atom. The number of benzene rings is 2. The zero-order valence-electron chi connectivity index (χ0n) is 18.3. The summed E-state index contributed by atoms with van der Waals surface area (Å²) in [6, 6.07) is 12.1. The number of nitrogen functional groups attached to an aromatic ring is 1. The van der Waals surface area contributed by atoms with Crippen LogP contribution in [-0.4, -0.2) is 34.2 Å². The van der Waals surface area contributed by atoms with Gasteiger partial charge in [0, 0.05) is 60.5 Å². The van der Waals surface area contributed by atoms with Gasteiger partial charge in [0.25, 0.3) is 5.91 Å². The average molecular weight is 432 g/mol. The Balaban J connectivity index is 1.66. The van der Waals surface area contributed by atoms with Crippen LogP contribution in [0.1, 0.15) is 46.6 Å². The number of nitrogens with two attached hydrogens (primary N) is 1. The first-order valence-electron chi connectivity index (χ1n) is 10.3. The van der Waals surface area contributed by atoms with Gasteiger partial charge in [0.1, 0.15) is 11.5 Å². The molecule has 0 aliphatic carbocycles. The van der Waals surface area contributed by atoms with Crippen molar-refractivity contribution in [1.29, 1.82) is 0 Å². The van der Waals surface area contributed by atoms with Gasteiger partial charge in [-0.25, -0.2) is 4.39 Å². The van der Waals surface area contributed by atoms with Crippen LogP contribution in [0.5, 0.6) is 0 Å². The average Bonchev–Trinajstić information content (AvgIpc) is 3.06. The summed E-state index contributed by atoms with van der Waals surface area (Å²) in [5.74, 6) is -0.607. The van der Waals surface area contributed by atoms with E-state index in [-0.39, 0.29) is 12.5 Å². The quantitative estimate of drug-likeness (QED) is 0.472. The second kappa shape index (κ2) is 8.16. The fourth-order valence-electron chi connectivity index (χ4n) is 4.05. The number of carbonyl (C=O) groups is 1. The standard InChI is InChI=1S/C25H25FN4O2/c1-25(2,32)20-9-8-18(19(12-28-3)22(20)27)15-6-7-16(21(26)11-15)13-30-14-17-5-4-10-29-23(17)24(30)31/h4-12,32H,13-14,27H2,1-3H3. The largest absolute Gasteiger partial charge is 0.398 e. The second-order valence-corrected chi connectivity index (χ2v) is 8.41. The van der Waals surface area contributed by atoms with Gasteiger partial charge in [-0.05, 0) is 37.1 Å². The maximum Gasteiger partial charge on any atom is 0.273 e. The van der Waals surface area contributed by atoms with Crippen LogP contribution in [0.25, 0.3) is 11.1 Å². The lowest BCUT2D eigenvalue weighted by atomic mass is 9.89. The molecule has 0 unspecified atom stereocenters. The summed E-state index contributed by atoms with van der Waals surface area (Å²) in [5.41, 5.74) is 9.84. The minimum absolute atomic E-state index is 0.157. The van der Waals surface area contributed by atoms with E-state index in [0.29, 0.717) is 45.7 Å². The lowest BCUT2D eigenvalue weighted by molar-refractivity contribution is 0.0759. The van der Waals surface area contributed by atoms with Crippen molar-refractivity contribution in [2.75, 3.05) is 12.8 Å².